The van der Waals surface area contributed by atoms with E-state index in [1.165, 1.54) is 18.1 Å². The number of ether oxygens (including phenoxy) is 1. The Kier molecular flexibility index (Phi) is 6.53. The molecule has 8 nitrogen and oxygen atoms in total. The number of carbonyl (C=O) groups is 3. The largest absolute Gasteiger partial charge is 0.495 e. The molecule has 3 amide bonds. The summed E-state index contributed by atoms with van der Waals surface area (Å²) >= 11 is 5.31. The number of nitrogens with zero attached hydrogens (tertiary/aromatic N) is 2. The van der Waals surface area contributed by atoms with Crippen molar-refractivity contribution in [3.63, 3.8) is 0 Å². The molecule has 1 aromatic heterocycles. The topological polar surface area (TPSA) is 92.7 Å². The Morgan fingerprint density at radius 3 is 2.49 bits per heavy atom. The van der Waals surface area contributed by atoms with E-state index in [0.29, 0.717) is 22.7 Å². The van der Waals surface area contributed by atoms with Gasteiger partial charge in [0, 0.05) is 28.4 Å². The van der Waals surface area contributed by atoms with Gasteiger partial charge in [0.2, 0.25) is 5.91 Å². The van der Waals surface area contributed by atoms with Crippen LogP contribution in [0.25, 0.3) is 17.0 Å². The second-order valence-corrected chi connectivity index (χ2v) is 8.66. The predicted molar refractivity (Wildman–Crippen MR) is 146 cm³/mol. The van der Waals surface area contributed by atoms with E-state index < -0.39 is 11.8 Å². The maximum absolute atomic E-state index is 13.5. The van der Waals surface area contributed by atoms with Gasteiger partial charge in [-0.2, -0.15) is 0 Å². The fraction of sp³-hybridized carbons (Fsp3) is 0.0714. The average molecular weight is 511 g/mol. The zero-order valence-corrected chi connectivity index (χ0v) is 20.6. The number of hydrogen-bond donors (Lipinski definition) is 2. The van der Waals surface area contributed by atoms with Crippen molar-refractivity contribution < 1.29 is 19.1 Å². The zero-order chi connectivity index (χ0) is 25.9. The van der Waals surface area contributed by atoms with E-state index in [4.69, 9.17) is 17.0 Å². The van der Waals surface area contributed by atoms with Gasteiger partial charge in [-0.1, -0.05) is 48.5 Å². The molecular formula is C28H22N4O4S. The highest BCUT2D eigenvalue weighted by molar-refractivity contribution is 7.80. The van der Waals surface area contributed by atoms with Crippen LogP contribution in [0.5, 0.6) is 5.75 Å². The van der Waals surface area contributed by atoms with Crippen LogP contribution in [-0.4, -0.2) is 34.5 Å². The molecule has 1 aliphatic rings. The third-order valence-corrected chi connectivity index (χ3v) is 6.20. The lowest BCUT2D eigenvalue weighted by molar-refractivity contribution is -0.122. The molecule has 0 radical (unpaired) electrons. The van der Waals surface area contributed by atoms with Crippen molar-refractivity contribution in [2.45, 2.75) is 6.54 Å². The summed E-state index contributed by atoms with van der Waals surface area (Å²) in [4.78, 5) is 40.4. The average Bonchev–Trinajstić information content (AvgIpc) is 3.24. The maximum atomic E-state index is 13.5. The van der Waals surface area contributed by atoms with Crippen molar-refractivity contribution >= 4 is 63.4 Å². The second-order valence-electron chi connectivity index (χ2n) is 8.27. The monoisotopic (exact) mass is 510 g/mol. The summed E-state index contributed by atoms with van der Waals surface area (Å²) in [6.45, 7) is 0.0517. The number of para-hydroxylation sites is 4. The molecule has 37 heavy (non-hydrogen) atoms. The maximum Gasteiger partial charge on any atom is 0.270 e. The number of carbonyl (C=O) groups excluding carboxylic acids is 3. The van der Waals surface area contributed by atoms with E-state index in [1.54, 1.807) is 35.0 Å². The highest BCUT2D eigenvalue weighted by Crippen LogP contribution is 2.31. The molecule has 184 valence electrons. The van der Waals surface area contributed by atoms with Crippen LogP contribution < -0.4 is 20.3 Å². The summed E-state index contributed by atoms with van der Waals surface area (Å²) in [5, 5.41) is 6.23. The van der Waals surface area contributed by atoms with E-state index in [-0.39, 0.29) is 23.1 Å². The first-order chi connectivity index (χ1) is 18.0. The Bertz CT molecular complexity index is 1580. The molecule has 1 saturated heterocycles. The predicted octanol–water partition coefficient (Wildman–Crippen LogP) is 4.12. The van der Waals surface area contributed by atoms with Crippen molar-refractivity contribution in [1.82, 2.24) is 9.88 Å². The minimum atomic E-state index is -0.597. The molecule has 4 aromatic rings. The molecule has 0 atom stereocenters. The minimum absolute atomic E-state index is 0.0309. The molecule has 0 bridgehead atoms. The highest BCUT2D eigenvalue weighted by Gasteiger charge is 2.36. The summed E-state index contributed by atoms with van der Waals surface area (Å²) < 4.78 is 7.17. The number of amides is 3. The molecular weight excluding hydrogens is 488 g/mol. The van der Waals surface area contributed by atoms with Crippen LogP contribution in [0, 0.1) is 0 Å². The van der Waals surface area contributed by atoms with Gasteiger partial charge in [-0.05, 0) is 48.6 Å². The van der Waals surface area contributed by atoms with Gasteiger partial charge in [-0.3, -0.25) is 19.7 Å². The normalized spacial score (nSPS) is 14.7. The number of aromatic nitrogens is 1. The molecule has 1 fully saturated rings. The fourth-order valence-electron chi connectivity index (χ4n) is 4.24. The fourth-order valence-corrected chi connectivity index (χ4v) is 4.52. The van der Waals surface area contributed by atoms with E-state index in [9.17, 15) is 14.4 Å². The lowest BCUT2D eigenvalue weighted by Crippen LogP contribution is -2.54. The molecule has 0 unspecified atom stereocenters. The summed E-state index contributed by atoms with van der Waals surface area (Å²) in [7, 11) is 1.49. The van der Waals surface area contributed by atoms with E-state index in [2.05, 4.69) is 10.6 Å². The zero-order valence-electron chi connectivity index (χ0n) is 19.8. The minimum Gasteiger partial charge on any atom is -0.495 e. The van der Waals surface area contributed by atoms with Crippen molar-refractivity contribution in [2.75, 3.05) is 17.3 Å². The molecule has 9 heteroatoms. The second kappa shape index (κ2) is 10.1. The van der Waals surface area contributed by atoms with Gasteiger partial charge in [0.05, 0.1) is 12.8 Å². The van der Waals surface area contributed by atoms with Crippen molar-refractivity contribution in [1.29, 1.82) is 0 Å². The molecule has 0 saturated carbocycles. The third kappa shape index (κ3) is 4.72. The first kappa shape index (κ1) is 24.0. The van der Waals surface area contributed by atoms with Crippen LogP contribution in [0.3, 0.4) is 0 Å². The van der Waals surface area contributed by atoms with Crippen molar-refractivity contribution in [2.24, 2.45) is 0 Å². The number of rotatable bonds is 6. The van der Waals surface area contributed by atoms with Crippen LogP contribution in [-0.2, 0) is 20.9 Å². The summed E-state index contributed by atoms with van der Waals surface area (Å²) in [6, 6.07) is 23.6. The first-order valence-electron chi connectivity index (χ1n) is 11.4. The van der Waals surface area contributed by atoms with E-state index >= 15 is 0 Å². The van der Waals surface area contributed by atoms with E-state index in [1.807, 2.05) is 54.6 Å². The standard InChI is InChI=1S/C28H22N4O4S/c1-36-24-14-8-7-13-23(24)32-27(35)21(26(34)30-28(32)37)15-18-16-31(22-12-6-5-11-20(18)22)17-25(33)29-19-9-3-2-4-10-19/h2-16H,17H2,1H3,(H,29,33)(H,30,34,37)/b21-15+. The van der Waals surface area contributed by atoms with Crippen molar-refractivity contribution in [3.8, 4) is 5.75 Å². The number of nitrogens with one attached hydrogen (secondary N) is 2. The third-order valence-electron chi connectivity index (χ3n) is 5.92. The van der Waals surface area contributed by atoms with Gasteiger partial charge in [-0.15, -0.1) is 0 Å². The van der Waals surface area contributed by atoms with Gasteiger partial charge in [0.1, 0.15) is 17.9 Å². The number of benzene rings is 3. The molecule has 2 heterocycles. The Morgan fingerprint density at radius 1 is 1.00 bits per heavy atom. The molecule has 0 spiro atoms. The number of thiocarbonyl (C=S) groups is 1. The Balaban J connectivity index is 1.50. The molecule has 2 N–H and O–H groups in total. The summed E-state index contributed by atoms with van der Waals surface area (Å²) in [5.74, 6) is -0.934. The van der Waals surface area contributed by atoms with Crippen LogP contribution in [0.2, 0.25) is 0 Å². The van der Waals surface area contributed by atoms with Gasteiger partial charge < -0.3 is 14.6 Å². The van der Waals surface area contributed by atoms with Crippen LogP contribution in [0.1, 0.15) is 5.56 Å². The summed E-state index contributed by atoms with van der Waals surface area (Å²) in [6.07, 6.45) is 3.28. The number of anilines is 2. The Labute approximate surface area is 218 Å². The van der Waals surface area contributed by atoms with Gasteiger partial charge in [-0.25, -0.2) is 4.90 Å². The van der Waals surface area contributed by atoms with Gasteiger partial charge >= 0.3 is 0 Å². The number of hydrogen-bond acceptors (Lipinski definition) is 5. The molecule has 5 rings (SSSR count). The summed E-state index contributed by atoms with van der Waals surface area (Å²) in [5.41, 5.74) is 2.44. The molecule has 1 aliphatic heterocycles. The Morgan fingerprint density at radius 2 is 1.70 bits per heavy atom. The Hall–Kier alpha value is -4.76. The first-order valence-corrected chi connectivity index (χ1v) is 11.8. The smallest absolute Gasteiger partial charge is 0.270 e. The quantitative estimate of drug-likeness (QED) is 0.231. The van der Waals surface area contributed by atoms with Crippen LogP contribution in [0.4, 0.5) is 11.4 Å². The van der Waals surface area contributed by atoms with Gasteiger partial charge in [0.15, 0.2) is 5.11 Å². The molecule has 0 aliphatic carbocycles. The number of methoxy groups -OCH3 is 1. The van der Waals surface area contributed by atoms with E-state index in [0.717, 1.165) is 10.9 Å². The molecule has 3 aromatic carbocycles. The van der Waals surface area contributed by atoms with Crippen molar-refractivity contribution in [3.05, 3.63) is 96.2 Å². The lowest BCUT2D eigenvalue weighted by atomic mass is 10.1. The van der Waals surface area contributed by atoms with Gasteiger partial charge in [0.25, 0.3) is 11.8 Å². The lowest BCUT2D eigenvalue weighted by Gasteiger charge is -2.29. The van der Waals surface area contributed by atoms with Crippen LogP contribution in [0.15, 0.2) is 90.6 Å². The number of fused-ring (bicyclic) bond motifs is 1. The van der Waals surface area contributed by atoms with Crippen LogP contribution >= 0.6 is 12.2 Å². The highest BCUT2D eigenvalue weighted by atomic mass is 32.1. The SMILES string of the molecule is COc1ccccc1N1C(=O)/C(=C/c2cn(CC(=O)Nc3ccccc3)c3ccccc23)C(=O)NC1=S.